The number of methoxy groups -OCH3 is 1. The number of rotatable bonds is 7. The minimum Gasteiger partial charge on any atom is -0.493 e. The van der Waals surface area contributed by atoms with Gasteiger partial charge < -0.3 is 4.74 Å². The van der Waals surface area contributed by atoms with Crippen molar-refractivity contribution >= 4 is 0 Å². The summed E-state index contributed by atoms with van der Waals surface area (Å²) in [5.41, 5.74) is 3.11. The van der Waals surface area contributed by atoms with Crippen LogP contribution in [0.25, 0.3) is 0 Å². The van der Waals surface area contributed by atoms with Crippen LogP contribution in [0.4, 0.5) is 8.78 Å². The predicted octanol–water partition coefficient (Wildman–Crippen LogP) is 5.36. The summed E-state index contributed by atoms with van der Waals surface area (Å²) in [4.78, 5) is 17.5. The van der Waals surface area contributed by atoms with Gasteiger partial charge in [-0.05, 0) is 29.2 Å². The molecule has 4 nitrogen and oxygen atoms in total. The molecule has 0 aromatic heterocycles. The Kier molecular flexibility index (Phi) is 7.93. The topological polar surface area (TPSA) is 32.8 Å². The van der Waals surface area contributed by atoms with Crippen LogP contribution in [0.2, 0.25) is 0 Å². The van der Waals surface area contributed by atoms with Gasteiger partial charge >= 0.3 is 0 Å². The van der Waals surface area contributed by atoms with Crippen molar-refractivity contribution in [3.63, 3.8) is 0 Å². The number of hydrogen-bond acceptors (Lipinski definition) is 4. The predicted molar refractivity (Wildman–Crippen MR) is 135 cm³/mol. The van der Waals surface area contributed by atoms with Gasteiger partial charge in [-0.3, -0.25) is 14.6 Å². The molecular weight excluding hydrogens is 446 g/mol. The lowest BCUT2D eigenvalue weighted by Gasteiger charge is -2.39. The van der Waals surface area contributed by atoms with Gasteiger partial charge in [0.05, 0.1) is 13.2 Å². The summed E-state index contributed by atoms with van der Waals surface area (Å²) in [5, 5.41) is 0. The van der Waals surface area contributed by atoms with Crippen molar-refractivity contribution in [1.29, 1.82) is 0 Å². The second-order valence-corrected chi connectivity index (χ2v) is 9.35. The van der Waals surface area contributed by atoms with E-state index < -0.39 is 11.6 Å². The Morgan fingerprint density at radius 1 is 0.886 bits per heavy atom. The van der Waals surface area contributed by atoms with Crippen LogP contribution in [-0.2, 0) is 6.54 Å². The van der Waals surface area contributed by atoms with Gasteiger partial charge in [-0.2, -0.15) is 0 Å². The molecule has 1 saturated heterocycles. The van der Waals surface area contributed by atoms with Crippen LogP contribution in [0, 0.1) is 11.6 Å². The molecule has 0 N–H and O–H groups in total. The van der Waals surface area contributed by atoms with Crippen LogP contribution in [0.5, 0.6) is 5.75 Å². The molecule has 0 bridgehead atoms. The fraction of sp³-hybridized carbons (Fsp3) is 0.345. The minimum absolute atomic E-state index is 0.0858. The Morgan fingerprint density at radius 3 is 2.23 bits per heavy atom. The van der Waals surface area contributed by atoms with Crippen molar-refractivity contribution in [3.05, 3.63) is 111 Å². The first-order valence-corrected chi connectivity index (χ1v) is 12.0. The monoisotopic (exact) mass is 478 g/mol. The third-order valence-electron chi connectivity index (χ3n) is 6.72. The van der Waals surface area contributed by atoms with Gasteiger partial charge in [0, 0.05) is 49.9 Å². The number of nitrogens with zero attached hydrogens (tertiary/aromatic N) is 2. The first-order valence-electron chi connectivity index (χ1n) is 12.0. The largest absolute Gasteiger partial charge is 0.493 e. The molecule has 4 rings (SSSR count). The van der Waals surface area contributed by atoms with Gasteiger partial charge in [0.1, 0.15) is 11.6 Å². The maximum atomic E-state index is 14.8. The zero-order chi connectivity index (χ0) is 24.9. The fourth-order valence-corrected chi connectivity index (χ4v) is 4.70. The van der Waals surface area contributed by atoms with Gasteiger partial charge in [-0.15, -0.1) is 0 Å². The number of piperazine rings is 1. The van der Waals surface area contributed by atoms with E-state index in [1.807, 2.05) is 48.5 Å². The van der Waals surface area contributed by atoms with Crippen LogP contribution in [-0.4, -0.2) is 43.1 Å². The molecule has 1 aliphatic rings. The molecule has 6 heteroatoms. The van der Waals surface area contributed by atoms with E-state index in [1.54, 1.807) is 6.07 Å². The van der Waals surface area contributed by atoms with Crippen molar-refractivity contribution < 1.29 is 13.5 Å². The van der Waals surface area contributed by atoms with Gasteiger partial charge in [-0.1, -0.05) is 62.4 Å². The molecule has 3 aromatic rings. The van der Waals surface area contributed by atoms with Crippen molar-refractivity contribution in [2.75, 3.05) is 33.3 Å². The molecule has 0 aliphatic carbocycles. The molecule has 3 aromatic carbocycles. The number of hydrogen-bond donors (Lipinski definition) is 0. The third kappa shape index (κ3) is 5.77. The first kappa shape index (κ1) is 25.0. The van der Waals surface area contributed by atoms with Crippen LogP contribution >= 0.6 is 0 Å². The summed E-state index contributed by atoms with van der Waals surface area (Å²) >= 11 is 0. The molecule has 35 heavy (non-hydrogen) atoms. The van der Waals surface area contributed by atoms with Gasteiger partial charge in [0.25, 0.3) is 0 Å². The van der Waals surface area contributed by atoms with Crippen LogP contribution in [0.1, 0.15) is 48.1 Å². The first-order chi connectivity index (χ1) is 16.9. The molecule has 1 atom stereocenters. The van der Waals surface area contributed by atoms with Gasteiger partial charge in [-0.25, -0.2) is 8.78 Å². The summed E-state index contributed by atoms with van der Waals surface area (Å²) in [7, 11) is 1.53. The summed E-state index contributed by atoms with van der Waals surface area (Å²) in [6, 6.07) is 19.0. The molecule has 0 radical (unpaired) electrons. The smallest absolute Gasteiger partial charge is 0.224 e. The van der Waals surface area contributed by atoms with Crippen LogP contribution < -0.4 is 10.2 Å². The molecule has 184 valence electrons. The number of benzene rings is 2. The number of halogens is 2. The molecule has 0 spiro atoms. The highest BCUT2D eigenvalue weighted by molar-refractivity contribution is 5.34. The lowest BCUT2D eigenvalue weighted by molar-refractivity contribution is 0.103. The standard InChI is InChI=1S/C29H32F2N2O2/c1-20(2)22-9-10-23(29(34)27(17-22)35-3)19-32-13-15-33(16-14-32)28(21-7-5-4-6-8-21)25-12-11-24(30)18-26(25)31/h4-12,17-18,20,28H,13-16,19H2,1-3H3. The Morgan fingerprint density at radius 2 is 1.60 bits per heavy atom. The van der Waals surface area contributed by atoms with Gasteiger partial charge in [0.2, 0.25) is 5.43 Å². The Hall–Kier alpha value is -3.09. The second-order valence-electron chi connectivity index (χ2n) is 9.35. The summed E-state index contributed by atoms with van der Waals surface area (Å²) < 4.78 is 33.8. The Labute approximate surface area is 205 Å². The molecular formula is C29H32F2N2O2. The number of ether oxygens (including phenoxy) is 1. The summed E-state index contributed by atoms with van der Waals surface area (Å²) in [6.07, 6.45) is 0. The van der Waals surface area contributed by atoms with E-state index in [0.29, 0.717) is 36.5 Å². The van der Waals surface area contributed by atoms with E-state index in [1.165, 1.54) is 13.2 Å². The highest BCUT2D eigenvalue weighted by atomic mass is 19.1. The maximum absolute atomic E-state index is 14.8. The van der Waals surface area contributed by atoms with E-state index in [-0.39, 0.29) is 17.4 Å². The van der Waals surface area contributed by atoms with Crippen molar-refractivity contribution in [2.24, 2.45) is 0 Å². The lowest BCUT2D eigenvalue weighted by Crippen LogP contribution is -2.47. The molecule has 0 amide bonds. The fourth-order valence-electron chi connectivity index (χ4n) is 4.70. The average Bonchev–Trinajstić information content (AvgIpc) is 3.01. The second kappa shape index (κ2) is 11.1. The summed E-state index contributed by atoms with van der Waals surface area (Å²) in [6.45, 7) is 7.54. The molecule has 1 heterocycles. The Balaban J connectivity index is 1.54. The molecule has 1 unspecified atom stereocenters. The molecule has 0 saturated carbocycles. The quantitative estimate of drug-likeness (QED) is 0.458. The SMILES string of the molecule is COc1cc(C(C)C)ccc(CN2CCN(C(c3ccccc3)c3ccc(F)cc3F)CC2)c1=O. The summed E-state index contributed by atoms with van der Waals surface area (Å²) in [5.74, 6) is -0.470. The van der Waals surface area contributed by atoms with Gasteiger partial charge in [0.15, 0.2) is 5.75 Å². The maximum Gasteiger partial charge on any atom is 0.224 e. The minimum atomic E-state index is -0.580. The van der Waals surface area contributed by atoms with E-state index in [9.17, 15) is 13.6 Å². The van der Waals surface area contributed by atoms with Crippen LogP contribution in [0.15, 0.2) is 71.5 Å². The van der Waals surface area contributed by atoms with Crippen LogP contribution in [0.3, 0.4) is 0 Å². The lowest BCUT2D eigenvalue weighted by atomic mass is 9.95. The highest BCUT2D eigenvalue weighted by Crippen LogP contribution is 2.32. The van der Waals surface area contributed by atoms with E-state index >= 15 is 0 Å². The van der Waals surface area contributed by atoms with Crippen molar-refractivity contribution in [1.82, 2.24) is 9.80 Å². The van der Waals surface area contributed by atoms with E-state index in [2.05, 4.69) is 23.6 Å². The van der Waals surface area contributed by atoms with Crippen molar-refractivity contribution in [2.45, 2.75) is 32.4 Å². The zero-order valence-corrected chi connectivity index (χ0v) is 20.5. The zero-order valence-electron chi connectivity index (χ0n) is 20.5. The normalized spacial score (nSPS) is 15.8. The van der Waals surface area contributed by atoms with E-state index in [0.717, 1.165) is 30.3 Å². The molecule has 1 aliphatic heterocycles. The third-order valence-corrected chi connectivity index (χ3v) is 6.72. The Bertz CT molecular complexity index is 1210. The van der Waals surface area contributed by atoms with E-state index in [4.69, 9.17) is 4.74 Å². The average molecular weight is 479 g/mol. The van der Waals surface area contributed by atoms with Crippen molar-refractivity contribution in [3.8, 4) is 5.75 Å². The highest BCUT2D eigenvalue weighted by Gasteiger charge is 2.28. The molecule has 1 fully saturated rings.